The van der Waals surface area contributed by atoms with Crippen molar-refractivity contribution in [1.29, 1.82) is 0 Å². The van der Waals surface area contributed by atoms with Crippen molar-refractivity contribution in [3.8, 4) is 20.9 Å². The van der Waals surface area contributed by atoms with Crippen LogP contribution >= 0.6 is 22.7 Å². The van der Waals surface area contributed by atoms with Gasteiger partial charge in [-0.25, -0.2) is 29.9 Å². The molecule has 0 saturated heterocycles. The number of nitrogens with zero attached hydrogens (tertiary/aromatic N) is 6. The van der Waals surface area contributed by atoms with Crippen LogP contribution in [0, 0.1) is 13.8 Å². The minimum atomic E-state index is -4.55. The van der Waals surface area contributed by atoms with Crippen molar-refractivity contribution in [3.05, 3.63) is 106 Å². The van der Waals surface area contributed by atoms with Crippen LogP contribution in [-0.2, 0) is 23.6 Å². The fourth-order valence-electron chi connectivity index (χ4n) is 7.48. The van der Waals surface area contributed by atoms with Crippen LogP contribution in [-0.4, -0.2) is 61.5 Å². The number of benzene rings is 2. The molecule has 20 heteroatoms. The molecular formula is C44H46F6N8O4S2. The number of hydrogen-bond donors (Lipinski definition) is 6. The second kappa shape index (κ2) is 17.7. The predicted octanol–water partition coefficient (Wildman–Crippen LogP) is 10.4. The van der Waals surface area contributed by atoms with E-state index < -0.39 is 46.1 Å². The number of alkyl halides is 6. The molecule has 4 heterocycles. The number of halogens is 6. The summed E-state index contributed by atoms with van der Waals surface area (Å²) in [6.45, 7) is 7.30. The molecule has 64 heavy (non-hydrogen) atoms. The molecule has 2 fully saturated rings. The topological polar surface area (TPSA) is 182 Å². The maximum atomic E-state index is 12.9. The van der Waals surface area contributed by atoms with Crippen molar-refractivity contribution in [1.82, 2.24) is 29.9 Å². The number of aryl methyl sites for hydroxylation is 2. The Morgan fingerprint density at radius 2 is 0.891 bits per heavy atom. The van der Waals surface area contributed by atoms with Crippen LogP contribution in [0.2, 0.25) is 0 Å². The van der Waals surface area contributed by atoms with Gasteiger partial charge in [0.15, 0.2) is 0 Å². The Hall–Kier alpha value is -5.12. The van der Waals surface area contributed by atoms with Crippen LogP contribution in [0.5, 0.6) is 0 Å². The number of aromatic nitrogens is 6. The number of anilines is 4. The zero-order valence-electron chi connectivity index (χ0n) is 35.1. The summed E-state index contributed by atoms with van der Waals surface area (Å²) in [7, 11) is 0. The van der Waals surface area contributed by atoms with E-state index in [0.717, 1.165) is 56.5 Å². The van der Waals surface area contributed by atoms with Gasteiger partial charge in [0.1, 0.15) is 32.6 Å². The van der Waals surface area contributed by atoms with E-state index in [-0.39, 0.29) is 11.9 Å². The van der Waals surface area contributed by atoms with Crippen LogP contribution < -0.4 is 10.6 Å². The zero-order chi connectivity index (χ0) is 46.3. The molecule has 0 spiro atoms. The lowest BCUT2D eigenvalue weighted by atomic mass is 9.77. The highest BCUT2D eigenvalue weighted by molar-refractivity contribution is 7.15. The highest BCUT2D eigenvalue weighted by Gasteiger charge is 2.42. The second-order valence-electron chi connectivity index (χ2n) is 17.1. The van der Waals surface area contributed by atoms with Crippen LogP contribution in [0.15, 0.2) is 73.3 Å². The van der Waals surface area contributed by atoms with E-state index in [1.54, 1.807) is 50.5 Å². The van der Waals surface area contributed by atoms with Gasteiger partial charge in [0, 0.05) is 36.2 Å². The molecule has 0 bridgehead atoms. The maximum Gasteiger partial charge on any atom is 0.433 e. The summed E-state index contributed by atoms with van der Waals surface area (Å²) in [5.41, 5.74) is -1.22. The van der Waals surface area contributed by atoms with Gasteiger partial charge in [0.25, 0.3) is 0 Å². The van der Waals surface area contributed by atoms with Gasteiger partial charge in [0.2, 0.25) is 11.9 Å². The zero-order valence-corrected chi connectivity index (χ0v) is 36.8. The van der Waals surface area contributed by atoms with Gasteiger partial charge in [-0.05, 0) is 138 Å². The summed E-state index contributed by atoms with van der Waals surface area (Å²) in [6.07, 6.45) is 0.0880. The SMILES string of the molecule is Cc1cc(Nc2nccc(C(F)(F)F)n2)cc(-c2cnc(C3(O)CCC(C)(O)CC3)s2)c1.Cc1cc(Nc2nccc(C(F)(F)F)n2)cc(-c2cnc(C3(O)CCC(C)(O)CC3)s2)c1. The lowest BCUT2D eigenvalue weighted by Gasteiger charge is -2.37. The van der Waals surface area contributed by atoms with Gasteiger partial charge >= 0.3 is 12.4 Å². The molecule has 6 N–H and O–H groups in total. The number of hydrogen-bond acceptors (Lipinski definition) is 14. The largest absolute Gasteiger partial charge is 0.433 e. The first kappa shape index (κ1) is 46.9. The van der Waals surface area contributed by atoms with Gasteiger partial charge < -0.3 is 31.1 Å². The maximum absolute atomic E-state index is 12.9. The first-order chi connectivity index (χ1) is 29.9. The summed E-state index contributed by atoms with van der Waals surface area (Å²) in [4.78, 5) is 25.4. The quantitative estimate of drug-likeness (QED) is 0.0796. The Balaban J connectivity index is 0.000000191. The summed E-state index contributed by atoms with van der Waals surface area (Å²) < 4.78 is 77.6. The molecule has 6 aromatic rings. The van der Waals surface area contributed by atoms with Crippen molar-refractivity contribution >= 4 is 45.9 Å². The predicted molar refractivity (Wildman–Crippen MR) is 231 cm³/mol. The molecule has 0 radical (unpaired) electrons. The Bertz CT molecular complexity index is 2420. The summed E-state index contributed by atoms with van der Waals surface area (Å²) in [5.74, 6) is -0.296. The number of nitrogens with one attached hydrogen (secondary N) is 2. The molecular weight excluding hydrogens is 883 g/mol. The fourth-order valence-corrected chi connectivity index (χ4v) is 9.58. The minimum Gasteiger partial charge on any atom is -0.390 e. The molecule has 4 aromatic heterocycles. The van der Waals surface area contributed by atoms with Crippen molar-refractivity contribution in [2.45, 2.75) is 114 Å². The molecule has 0 unspecified atom stereocenters. The second-order valence-corrected chi connectivity index (χ2v) is 19.1. The Kier molecular flexibility index (Phi) is 13.0. The van der Waals surface area contributed by atoms with Gasteiger partial charge in [-0.2, -0.15) is 26.3 Å². The number of rotatable bonds is 8. The lowest BCUT2D eigenvalue weighted by molar-refractivity contribution is -0.141. The standard InChI is InChI=1S/2C22H23F3N4O2S/c2*1-13-9-14(11-15(10-13)28-19-26-8-3-17(29-19)22(23,24)25)16-12-27-18(32-16)21(31)6-4-20(2,30)5-7-21/h2*3,8-12,30-31H,4-7H2,1-2H3,(H,26,28,29). The highest BCUT2D eigenvalue weighted by Crippen LogP contribution is 2.46. The third kappa shape index (κ3) is 11.4. The highest BCUT2D eigenvalue weighted by atomic mass is 32.1. The first-order valence-corrected chi connectivity index (χ1v) is 21.9. The molecule has 0 aliphatic heterocycles. The van der Waals surface area contributed by atoms with Crippen LogP contribution in [0.1, 0.15) is 97.7 Å². The third-order valence-corrected chi connectivity index (χ3v) is 13.7. The Labute approximate surface area is 372 Å². The molecule has 0 amide bonds. The number of thiazole rings is 2. The van der Waals surface area contributed by atoms with E-state index in [9.17, 15) is 46.8 Å². The molecule has 8 rings (SSSR count). The van der Waals surface area contributed by atoms with Crippen molar-refractivity contribution in [2.75, 3.05) is 10.6 Å². The summed E-state index contributed by atoms with van der Waals surface area (Å²) >= 11 is 2.74. The average Bonchev–Trinajstić information content (AvgIpc) is 3.93. The van der Waals surface area contributed by atoms with Crippen LogP contribution in [0.4, 0.5) is 49.6 Å². The van der Waals surface area contributed by atoms with Crippen LogP contribution in [0.25, 0.3) is 20.9 Å². The molecule has 2 aliphatic rings. The van der Waals surface area contributed by atoms with E-state index in [2.05, 4.69) is 40.5 Å². The van der Waals surface area contributed by atoms with Gasteiger partial charge in [-0.3, -0.25) is 0 Å². The fraction of sp³-hybridized carbons (Fsp3) is 0.409. The summed E-state index contributed by atoms with van der Waals surface area (Å²) in [5, 5.41) is 49.3. The third-order valence-electron chi connectivity index (χ3n) is 11.2. The minimum absolute atomic E-state index is 0.148. The van der Waals surface area contributed by atoms with E-state index >= 15 is 0 Å². The molecule has 2 aliphatic carbocycles. The van der Waals surface area contributed by atoms with Crippen molar-refractivity contribution in [2.24, 2.45) is 0 Å². The van der Waals surface area contributed by atoms with Crippen molar-refractivity contribution < 1.29 is 46.8 Å². The average molecular weight is 929 g/mol. The molecule has 340 valence electrons. The van der Waals surface area contributed by atoms with E-state index in [1.165, 1.54) is 22.7 Å². The van der Waals surface area contributed by atoms with E-state index in [1.807, 2.05) is 26.0 Å². The van der Waals surface area contributed by atoms with Gasteiger partial charge in [-0.1, -0.05) is 12.1 Å². The molecule has 2 saturated carbocycles. The summed E-state index contributed by atoms with van der Waals surface area (Å²) in [6, 6.07) is 12.6. The van der Waals surface area contributed by atoms with E-state index in [0.29, 0.717) is 72.8 Å². The molecule has 12 nitrogen and oxygen atoms in total. The Morgan fingerprint density at radius 3 is 1.23 bits per heavy atom. The molecule has 2 aromatic carbocycles. The first-order valence-electron chi connectivity index (χ1n) is 20.3. The normalized spacial score (nSPS) is 23.8. The van der Waals surface area contributed by atoms with Gasteiger partial charge in [0.05, 0.1) is 21.0 Å². The van der Waals surface area contributed by atoms with Crippen LogP contribution in [0.3, 0.4) is 0 Å². The van der Waals surface area contributed by atoms with Crippen molar-refractivity contribution in [3.63, 3.8) is 0 Å². The molecule has 0 atom stereocenters. The smallest absolute Gasteiger partial charge is 0.390 e. The lowest BCUT2D eigenvalue weighted by Crippen LogP contribution is -2.39. The van der Waals surface area contributed by atoms with E-state index in [4.69, 9.17) is 0 Å². The number of aliphatic hydroxyl groups is 4. The monoisotopic (exact) mass is 928 g/mol. The van der Waals surface area contributed by atoms with Gasteiger partial charge in [-0.15, -0.1) is 22.7 Å². The Morgan fingerprint density at radius 1 is 0.531 bits per heavy atom.